The Kier molecular flexibility index (Phi) is 15.2. The second kappa shape index (κ2) is 17.0. The number of esters is 2. The van der Waals surface area contributed by atoms with Gasteiger partial charge in [0.05, 0.1) is 0 Å². The molecular weight excluding hydrogens is 462 g/mol. The van der Waals surface area contributed by atoms with E-state index in [1.807, 2.05) is 0 Å². The second-order valence-corrected chi connectivity index (χ2v) is 8.41. The van der Waals surface area contributed by atoms with Crippen LogP contribution in [0.1, 0.15) is 52.9 Å². The third kappa shape index (κ3) is 16.7. The summed E-state index contributed by atoms with van der Waals surface area (Å²) in [6, 6.07) is -3.36. The average molecular weight is 500 g/mol. The zero-order chi connectivity index (χ0) is 26.9. The third-order valence-electron chi connectivity index (χ3n) is 4.12. The van der Waals surface area contributed by atoms with E-state index in [4.69, 9.17) is 14.2 Å². The molecule has 0 spiro atoms. The highest BCUT2D eigenvalue weighted by atomic mass is 16.6. The van der Waals surface area contributed by atoms with Crippen LogP contribution in [0.4, 0.5) is 9.59 Å². The van der Waals surface area contributed by atoms with Gasteiger partial charge in [0, 0.05) is 13.0 Å². The Hall–Kier alpha value is -3.57. The molecule has 198 valence electrons. The van der Waals surface area contributed by atoms with E-state index >= 15 is 0 Å². The lowest BCUT2D eigenvalue weighted by molar-refractivity contribution is -0.145. The second-order valence-electron chi connectivity index (χ2n) is 8.41. The van der Waals surface area contributed by atoms with Gasteiger partial charge in [0.1, 0.15) is 30.9 Å². The van der Waals surface area contributed by atoms with Crippen molar-refractivity contribution in [1.82, 2.24) is 16.0 Å². The fraction of sp³-hybridized carbons (Fsp3) is 0.609. The molecule has 0 aliphatic carbocycles. The van der Waals surface area contributed by atoms with Crippen molar-refractivity contribution in [2.75, 3.05) is 19.8 Å². The summed E-state index contributed by atoms with van der Waals surface area (Å²) in [5.74, 6) is -2.71. The number of carbonyl (C=O) groups excluding carboxylic acids is 4. The largest absolute Gasteiger partial charge is 0.480 e. The molecule has 0 rings (SSSR count). The van der Waals surface area contributed by atoms with Crippen LogP contribution in [0.5, 0.6) is 0 Å². The topological polar surface area (TPSA) is 169 Å². The summed E-state index contributed by atoms with van der Waals surface area (Å²) in [7, 11) is 0. The van der Waals surface area contributed by atoms with E-state index in [1.165, 1.54) is 12.2 Å². The predicted octanol–water partition coefficient (Wildman–Crippen LogP) is 2.04. The summed E-state index contributed by atoms with van der Waals surface area (Å²) in [5.41, 5.74) is -0.624. The highest BCUT2D eigenvalue weighted by Gasteiger charge is 2.26. The molecule has 3 amide bonds. The van der Waals surface area contributed by atoms with Crippen LogP contribution in [-0.2, 0) is 28.6 Å². The molecule has 0 radical (unpaired) electrons. The lowest BCUT2D eigenvalue weighted by Crippen LogP contribution is -2.51. The summed E-state index contributed by atoms with van der Waals surface area (Å²) in [4.78, 5) is 59.4. The fourth-order valence-electron chi connectivity index (χ4n) is 2.57. The van der Waals surface area contributed by atoms with E-state index < -0.39 is 47.7 Å². The van der Waals surface area contributed by atoms with E-state index in [2.05, 4.69) is 29.1 Å². The molecule has 0 aromatic heterocycles. The Labute approximate surface area is 205 Å². The van der Waals surface area contributed by atoms with Crippen LogP contribution in [0.3, 0.4) is 0 Å². The van der Waals surface area contributed by atoms with Gasteiger partial charge < -0.3 is 35.3 Å². The van der Waals surface area contributed by atoms with Gasteiger partial charge in [-0.15, -0.1) is 0 Å². The lowest BCUT2D eigenvalue weighted by Gasteiger charge is -2.21. The monoisotopic (exact) mass is 499 g/mol. The molecule has 0 aliphatic heterocycles. The van der Waals surface area contributed by atoms with Crippen molar-refractivity contribution in [2.45, 2.75) is 70.6 Å². The molecular formula is C23H37N3O9. The zero-order valence-electron chi connectivity index (χ0n) is 20.6. The minimum Gasteiger partial charge on any atom is -0.480 e. The van der Waals surface area contributed by atoms with Crippen LogP contribution < -0.4 is 16.0 Å². The smallest absolute Gasteiger partial charge is 0.407 e. The summed E-state index contributed by atoms with van der Waals surface area (Å²) in [6.45, 7) is 12.3. The van der Waals surface area contributed by atoms with Gasteiger partial charge in [-0.25, -0.2) is 19.2 Å². The quantitative estimate of drug-likeness (QED) is 0.107. The Morgan fingerprint density at radius 2 is 1.51 bits per heavy atom. The van der Waals surface area contributed by atoms with Gasteiger partial charge in [-0.1, -0.05) is 25.3 Å². The predicted molar refractivity (Wildman–Crippen MR) is 127 cm³/mol. The zero-order valence-corrected chi connectivity index (χ0v) is 20.6. The molecule has 12 nitrogen and oxygen atoms in total. The Morgan fingerprint density at radius 3 is 2.09 bits per heavy atom. The molecule has 0 saturated heterocycles. The number of aliphatic carboxylic acids is 1. The summed E-state index contributed by atoms with van der Waals surface area (Å²) in [6.07, 6.45) is 2.82. The number of amides is 3. The van der Waals surface area contributed by atoms with Crippen molar-refractivity contribution < 1.29 is 43.3 Å². The number of carboxylic acid groups (broad SMARTS) is 1. The summed E-state index contributed by atoms with van der Waals surface area (Å²) in [5, 5.41) is 16.5. The lowest BCUT2D eigenvalue weighted by atomic mass is 10.1. The van der Waals surface area contributed by atoms with Gasteiger partial charge in [0.2, 0.25) is 0 Å². The number of ether oxygens (including phenoxy) is 3. The maximum Gasteiger partial charge on any atom is 0.407 e. The number of hydrogen-bond acceptors (Lipinski definition) is 8. The van der Waals surface area contributed by atoms with Crippen molar-refractivity contribution in [2.24, 2.45) is 0 Å². The summed E-state index contributed by atoms with van der Waals surface area (Å²) < 4.78 is 14.9. The standard InChI is InChI=1S/C23H37N3O9/c1-6-14-33-18(27)12-11-16(19(28)29)25-21(31)26-17(20(30)34-15-7-2)10-8-9-13-24-22(32)35-23(3,4)5/h6-7,16-17H,1-2,8-15H2,3-5H3,(H,24,32)(H,28,29)(H2,25,26,31). The van der Waals surface area contributed by atoms with Crippen LogP contribution in [0.2, 0.25) is 0 Å². The minimum atomic E-state index is -1.38. The van der Waals surface area contributed by atoms with Crippen LogP contribution in [0.25, 0.3) is 0 Å². The number of rotatable bonds is 16. The van der Waals surface area contributed by atoms with E-state index in [-0.39, 0.29) is 32.5 Å². The van der Waals surface area contributed by atoms with Crippen molar-refractivity contribution >= 4 is 30.0 Å². The van der Waals surface area contributed by atoms with Crippen LogP contribution in [0.15, 0.2) is 25.3 Å². The maximum absolute atomic E-state index is 12.4. The summed E-state index contributed by atoms with van der Waals surface area (Å²) >= 11 is 0. The molecule has 0 bridgehead atoms. The third-order valence-corrected chi connectivity index (χ3v) is 4.12. The van der Waals surface area contributed by atoms with E-state index in [0.29, 0.717) is 19.4 Å². The molecule has 0 fully saturated rings. The van der Waals surface area contributed by atoms with Gasteiger partial charge in [0.15, 0.2) is 0 Å². The number of nitrogens with one attached hydrogen (secondary N) is 3. The van der Waals surface area contributed by atoms with Crippen LogP contribution >= 0.6 is 0 Å². The molecule has 2 atom stereocenters. The molecule has 0 aromatic carbocycles. The number of hydrogen-bond donors (Lipinski definition) is 4. The Bertz CT molecular complexity index is 747. The molecule has 0 heterocycles. The molecule has 0 aliphatic rings. The molecule has 0 saturated carbocycles. The molecule has 0 aromatic rings. The van der Waals surface area contributed by atoms with Gasteiger partial charge in [-0.3, -0.25) is 4.79 Å². The van der Waals surface area contributed by atoms with Crippen molar-refractivity contribution in [3.8, 4) is 0 Å². The maximum atomic E-state index is 12.4. The van der Waals surface area contributed by atoms with E-state index in [0.717, 1.165) is 0 Å². The van der Waals surface area contributed by atoms with Crippen LogP contribution in [0, 0.1) is 0 Å². The van der Waals surface area contributed by atoms with Gasteiger partial charge in [0.25, 0.3) is 0 Å². The molecule has 2 unspecified atom stereocenters. The van der Waals surface area contributed by atoms with E-state index in [1.54, 1.807) is 20.8 Å². The number of alkyl carbamates (subject to hydrolysis) is 1. The SMILES string of the molecule is C=CCOC(=O)CCC(NC(=O)NC(CCCCNC(=O)OC(C)(C)C)C(=O)OCC=C)C(=O)O. The molecule has 35 heavy (non-hydrogen) atoms. The normalized spacial score (nSPS) is 12.3. The Morgan fingerprint density at radius 1 is 0.914 bits per heavy atom. The van der Waals surface area contributed by atoms with Crippen molar-refractivity contribution in [3.63, 3.8) is 0 Å². The number of unbranched alkanes of at least 4 members (excludes halogenated alkanes) is 1. The fourth-order valence-corrected chi connectivity index (χ4v) is 2.57. The highest BCUT2D eigenvalue weighted by Crippen LogP contribution is 2.07. The highest BCUT2D eigenvalue weighted by molar-refractivity contribution is 5.86. The van der Waals surface area contributed by atoms with Crippen LogP contribution in [-0.4, -0.2) is 72.6 Å². The van der Waals surface area contributed by atoms with E-state index in [9.17, 15) is 29.1 Å². The first-order valence-corrected chi connectivity index (χ1v) is 11.2. The van der Waals surface area contributed by atoms with Gasteiger partial charge in [-0.05, 0) is 46.5 Å². The first-order chi connectivity index (χ1) is 16.4. The van der Waals surface area contributed by atoms with Gasteiger partial charge >= 0.3 is 30.0 Å². The molecule has 12 heteroatoms. The number of carboxylic acids is 1. The first kappa shape index (κ1) is 31.4. The first-order valence-electron chi connectivity index (χ1n) is 11.2. The molecule has 4 N–H and O–H groups in total. The van der Waals surface area contributed by atoms with Crippen molar-refractivity contribution in [1.29, 1.82) is 0 Å². The van der Waals surface area contributed by atoms with Crippen molar-refractivity contribution in [3.05, 3.63) is 25.3 Å². The number of urea groups is 1. The minimum absolute atomic E-state index is 0.00766. The Balaban J connectivity index is 4.79. The van der Waals surface area contributed by atoms with Gasteiger partial charge in [-0.2, -0.15) is 0 Å². The number of carbonyl (C=O) groups is 5. The average Bonchev–Trinajstić information content (AvgIpc) is 2.76.